The molecule has 2 N–H and O–H groups in total. The molecule has 0 unspecified atom stereocenters. The average molecular weight is 228 g/mol. The van der Waals surface area contributed by atoms with Gasteiger partial charge < -0.3 is 5.73 Å². The molecular formula is C12H9FN4. The molecule has 0 spiro atoms. The Hall–Kier alpha value is -2.43. The molecule has 5 heteroatoms. The number of benzene rings is 2. The second kappa shape index (κ2) is 3.55. The van der Waals surface area contributed by atoms with Gasteiger partial charge in [-0.1, -0.05) is 12.1 Å². The van der Waals surface area contributed by atoms with Crippen LogP contribution in [0.15, 0.2) is 42.5 Å². The quantitative estimate of drug-likeness (QED) is 0.649. The van der Waals surface area contributed by atoms with Crippen molar-refractivity contribution in [2.75, 3.05) is 5.73 Å². The molecule has 2 aromatic carbocycles. The maximum atomic E-state index is 13.7. The summed E-state index contributed by atoms with van der Waals surface area (Å²) in [6.45, 7) is 0. The van der Waals surface area contributed by atoms with E-state index >= 15 is 0 Å². The van der Waals surface area contributed by atoms with Gasteiger partial charge in [-0.05, 0) is 30.3 Å². The highest BCUT2D eigenvalue weighted by atomic mass is 19.1. The number of hydrogen-bond donors (Lipinski definition) is 1. The molecule has 4 nitrogen and oxygen atoms in total. The van der Waals surface area contributed by atoms with Crippen LogP contribution in [0.2, 0.25) is 0 Å². The van der Waals surface area contributed by atoms with Crippen molar-refractivity contribution in [2.45, 2.75) is 0 Å². The summed E-state index contributed by atoms with van der Waals surface area (Å²) >= 11 is 0. The standard InChI is InChI=1S/C12H9FN4/c13-9-7-8(14)5-6-12(9)17-15-10-3-1-2-4-11(10)16-17/h1-7H,14H2. The van der Waals surface area contributed by atoms with Gasteiger partial charge in [-0.25, -0.2) is 4.39 Å². The van der Waals surface area contributed by atoms with E-state index in [2.05, 4.69) is 10.2 Å². The van der Waals surface area contributed by atoms with E-state index in [1.165, 1.54) is 10.9 Å². The topological polar surface area (TPSA) is 56.7 Å². The van der Waals surface area contributed by atoms with Gasteiger partial charge in [-0.2, -0.15) is 0 Å². The maximum Gasteiger partial charge on any atom is 0.152 e. The van der Waals surface area contributed by atoms with Gasteiger partial charge in [0.25, 0.3) is 0 Å². The zero-order chi connectivity index (χ0) is 11.8. The minimum Gasteiger partial charge on any atom is -0.399 e. The Kier molecular flexibility index (Phi) is 2.04. The van der Waals surface area contributed by atoms with Crippen molar-refractivity contribution in [3.8, 4) is 5.69 Å². The molecule has 0 atom stereocenters. The normalized spacial score (nSPS) is 10.9. The Morgan fingerprint density at radius 1 is 1.00 bits per heavy atom. The van der Waals surface area contributed by atoms with Crippen LogP contribution in [0.25, 0.3) is 16.7 Å². The number of fused-ring (bicyclic) bond motifs is 1. The van der Waals surface area contributed by atoms with E-state index in [1.54, 1.807) is 12.1 Å². The monoisotopic (exact) mass is 228 g/mol. The SMILES string of the molecule is Nc1ccc(-n2nc3ccccc3n2)c(F)c1. The molecule has 3 aromatic rings. The van der Waals surface area contributed by atoms with Gasteiger partial charge in [0.1, 0.15) is 16.7 Å². The smallest absolute Gasteiger partial charge is 0.152 e. The van der Waals surface area contributed by atoms with Crippen molar-refractivity contribution in [1.29, 1.82) is 0 Å². The fraction of sp³-hybridized carbons (Fsp3) is 0. The van der Waals surface area contributed by atoms with E-state index in [9.17, 15) is 4.39 Å². The molecule has 0 aliphatic heterocycles. The second-order valence-electron chi connectivity index (χ2n) is 3.69. The minimum atomic E-state index is -0.440. The summed E-state index contributed by atoms with van der Waals surface area (Å²) in [6, 6.07) is 11.8. The fourth-order valence-electron chi connectivity index (χ4n) is 1.65. The summed E-state index contributed by atoms with van der Waals surface area (Å²) in [5, 5.41) is 8.40. The number of anilines is 1. The first kappa shape index (κ1) is 9.77. The Labute approximate surface area is 96.5 Å². The van der Waals surface area contributed by atoms with Crippen LogP contribution in [0.1, 0.15) is 0 Å². The van der Waals surface area contributed by atoms with Gasteiger partial charge >= 0.3 is 0 Å². The van der Waals surface area contributed by atoms with Crippen LogP contribution in [0.5, 0.6) is 0 Å². The van der Waals surface area contributed by atoms with E-state index in [-0.39, 0.29) is 5.69 Å². The largest absolute Gasteiger partial charge is 0.399 e. The summed E-state index contributed by atoms with van der Waals surface area (Å²) in [5.74, 6) is -0.440. The highest BCUT2D eigenvalue weighted by molar-refractivity contribution is 5.73. The highest BCUT2D eigenvalue weighted by Crippen LogP contribution is 2.17. The van der Waals surface area contributed by atoms with Gasteiger partial charge in [0.15, 0.2) is 5.82 Å². The van der Waals surface area contributed by atoms with E-state index in [4.69, 9.17) is 5.73 Å². The van der Waals surface area contributed by atoms with Crippen molar-refractivity contribution >= 4 is 16.7 Å². The molecule has 0 aliphatic rings. The van der Waals surface area contributed by atoms with Crippen molar-refractivity contribution in [3.05, 3.63) is 48.3 Å². The Morgan fingerprint density at radius 2 is 1.65 bits per heavy atom. The average Bonchev–Trinajstić information content (AvgIpc) is 2.72. The molecule has 1 heterocycles. The van der Waals surface area contributed by atoms with Crippen LogP contribution in [0.3, 0.4) is 0 Å². The molecule has 3 rings (SSSR count). The zero-order valence-corrected chi connectivity index (χ0v) is 8.84. The third kappa shape index (κ3) is 1.61. The van der Waals surface area contributed by atoms with Crippen LogP contribution in [-0.4, -0.2) is 15.0 Å². The molecular weight excluding hydrogens is 219 g/mol. The molecule has 0 bridgehead atoms. The first-order valence-corrected chi connectivity index (χ1v) is 5.11. The first-order valence-electron chi connectivity index (χ1n) is 5.11. The molecule has 17 heavy (non-hydrogen) atoms. The molecule has 0 saturated heterocycles. The van der Waals surface area contributed by atoms with Gasteiger partial charge in [0.05, 0.1) is 0 Å². The van der Waals surface area contributed by atoms with Crippen LogP contribution in [0.4, 0.5) is 10.1 Å². The number of nitrogens with two attached hydrogens (primary N) is 1. The summed E-state index contributed by atoms with van der Waals surface area (Å²) in [5.41, 5.74) is 7.61. The minimum absolute atomic E-state index is 0.287. The predicted octanol–water partition coefficient (Wildman–Crippen LogP) is 2.14. The van der Waals surface area contributed by atoms with Crippen LogP contribution in [-0.2, 0) is 0 Å². The molecule has 0 amide bonds. The molecule has 1 aromatic heterocycles. The predicted molar refractivity (Wildman–Crippen MR) is 63.2 cm³/mol. The number of halogens is 1. The summed E-state index contributed by atoms with van der Waals surface area (Å²) in [6.07, 6.45) is 0. The van der Waals surface area contributed by atoms with Crippen molar-refractivity contribution < 1.29 is 4.39 Å². The lowest BCUT2D eigenvalue weighted by Crippen LogP contribution is -2.02. The van der Waals surface area contributed by atoms with Crippen LogP contribution in [0, 0.1) is 5.82 Å². The number of aromatic nitrogens is 3. The molecule has 0 aliphatic carbocycles. The molecule has 0 saturated carbocycles. The number of nitrogen functional groups attached to an aromatic ring is 1. The van der Waals surface area contributed by atoms with Gasteiger partial charge in [-0.3, -0.25) is 0 Å². The van der Waals surface area contributed by atoms with Crippen LogP contribution >= 0.6 is 0 Å². The first-order chi connectivity index (χ1) is 8.24. The van der Waals surface area contributed by atoms with E-state index in [1.807, 2.05) is 24.3 Å². The Balaban J connectivity index is 2.20. The lowest BCUT2D eigenvalue weighted by atomic mass is 10.3. The van der Waals surface area contributed by atoms with Crippen molar-refractivity contribution in [1.82, 2.24) is 15.0 Å². The molecule has 84 valence electrons. The molecule has 0 radical (unpaired) electrons. The van der Waals surface area contributed by atoms with E-state index in [0.717, 1.165) is 11.0 Å². The summed E-state index contributed by atoms with van der Waals surface area (Å²) < 4.78 is 13.7. The molecule has 0 fully saturated rings. The lowest BCUT2D eigenvalue weighted by molar-refractivity contribution is 0.599. The van der Waals surface area contributed by atoms with Crippen LogP contribution < -0.4 is 5.73 Å². The van der Waals surface area contributed by atoms with Gasteiger partial charge in [0, 0.05) is 5.69 Å². The second-order valence-corrected chi connectivity index (χ2v) is 3.69. The maximum absolute atomic E-state index is 13.7. The Bertz CT molecular complexity index is 657. The lowest BCUT2D eigenvalue weighted by Gasteiger charge is -2.01. The number of nitrogens with zero attached hydrogens (tertiary/aromatic N) is 3. The van der Waals surface area contributed by atoms with Gasteiger partial charge in [0.2, 0.25) is 0 Å². The number of hydrogen-bond acceptors (Lipinski definition) is 3. The van der Waals surface area contributed by atoms with Crippen molar-refractivity contribution in [3.63, 3.8) is 0 Å². The van der Waals surface area contributed by atoms with Gasteiger partial charge in [-0.15, -0.1) is 15.0 Å². The summed E-state index contributed by atoms with van der Waals surface area (Å²) in [4.78, 5) is 1.28. The highest BCUT2D eigenvalue weighted by Gasteiger charge is 2.08. The number of rotatable bonds is 1. The zero-order valence-electron chi connectivity index (χ0n) is 8.84. The third-order valence-corrected chi connectivity index (χ3v) is 2.47. The summed E-state index contributed by atoms with van der Waals surface area (Å²) in [7, 11) is 0. The van der Waals surface area contributed by atoms with E-state index < -0.39 is 5.82 Å². The fourth-order valence-corrected chi connectivity index (χ4v) is 1.65. The van der Waals surface area contributed by atoms with Crippen molar-refractivity contribution in [2.24, 2.45) is 0 Å². The third-order valence-electron chi connectivity index (χ3n) is 2.47. The Morgan fingerprint density at radius 3 is 2.24 bits per heavy atom. The van der Waals surface area contributed by atoms with E-state index in [0.29, 0.717) is 5.69 Å².